The van der Waals surface area contributed by atoms with E-state index in [1.165, 1.54) is 0 Å². The zero-order chi connectivity index (χ0) is 27.0. The largest absolute Gasteiger partial charge is 0.492 e. The van der Waals surface area contributed by atoms with E-state index < -0.39 is 17.7 Å². The summed E-state index contributed by atoms with van der Waals surface area (Å²) in [5, 5.41) is 13.3. The maximum absolute atomic E-state index is 13.4. The third-order valence-electron chi connectivity index (χ3n) is 6.32. The Morgan fingerprint density at radius 1 is 1.17 bits per heavy atom. The molecule has 1 aromatic carbocycles. The van der Waals surface area contributed by atoms with Crippen molar-refractivity contribution in [1.82, 2.24) is 10.3 Å². The number of pyridine rings is 1. The van der Waals surface area contributed by atoms with Crippen molar-refractivity contribution in [2.45, 2.75) is 85.0 Å². The molecule has 1 unspecified atom stereocenters. The predicted molar refractivity (Wildman–Crippen MR) is 143 cm³/mol. The Morgan fingerprint density at radius 3 is 2.42 bits per heavy atom. The molecule has 0 fully saturated rings. The van der Waals surface area contributed by atoms with Crippen LogP contribution in [0.5, 0.6) is 5.75 Å². The van der Waals surface area contributed by atoms with Crippen molar-refractivity contribution < 1.29 is 24.2 Å². The zero-order valence-electron chi connectivity index (χ0n) is 22.7. The van der Waals surface area contributed by atoms with Gasteiger partial charge in [-0.25, -0.2) is 9.78 Å². The van der Waals surface area contributed by atoms with Crippen LogP contribution in [0.2, 0.25) is 0 Å². The van der Waals surface area contributed by atoms with Gasteiger partial charge in [0.15, 0.2) is 6.10 Å². The molecule has 2 aromatic rings. The average molecular weight is 515 g/mol. The summed E-state index contributed by atoms with van der Waals surface area (Å²) in [4.78, 5) is 31.5. The van der Waals surface area contributed by atoms with E-state index in [4.69, 9.17) is 9.47 Å². The summed E-state index contributed by atoms with van der Waals surface area (Å²) in [5.41, 5.74) is 2.40. The summed E-state index contributed by atoms with van der Waals surface area (Å²) in [6.45, 7) is 17.8. The number of aryl methyl sites for hydroxylation is 1. The molecule has 7 nitrogen and oxygen atoms in total. The lowest BCUT2D eigenvalue weighted by Crippen LogP contribution is -2.42. The van der Waals surface area contributed by atoms with Crippen LogP contribution < -0.4 is 10.1 Å². The molecule has 36 heavy (non-hydrogen) atoms. The van der Waals surface area contributed by atoms with Crippen LogP contribution in [0, 0.1) is 19.3 Å². The number of nitrogens with zero attached hydrogens (tertiary/aromatic N) is 1. The maximum atomic E-state index is 13.4. The van der Waals surface area contributed by atoms with Crippen LogP contribution in [0.1, 0.15) is 81.9 Å². The third-order valence-corrected chi connectivity index (χ3v) is 7.32. The van der Waals surface area contributed by atoms with Crippen LogP contribution in [0.25, 0.3) is 11.1 Å². The van der Waals surface area contributed by atoms with E-state index in [-0.39, 0.29) is 23.1 Å². The highest BCUT2D eigenvalue weighted by atomic mass is 32.2. The van der Waals surface area contributed by atoms with Gasteiger partial charge >= 0.3 is 5.97 Å². The van der Waals surface area contributed by atoms with Crippen molar-refractivity contribution in [1.29, 1.82) is 0 Å². The molecule has 1 amide bonds. The van der Waals surface area contributed by atoms with E-state index in [1.807, 2.05) is 52.8 Å². The highest BCUT2D eigenvalue weighted by molar-refractivity contribution is 7.99. The van der Waals surface area contributed by atoms with Gasteiger partial charge in [0.05, 0.1) is 17.1 Å². The van der Waals surface area contributed by atoms with E-state index in [1.54, 1.807) is 18.7 Å². The van der Waals surface area contributed by atoms with Crippen molar-refractivity contribution in [3.8, 4) is 16.9 Å². The third kappa shape index (κ3) is 6.21. The number of hydrogen-bond donors (Lipinski definition) is 2. The number of ether oxygens (including phenoxy) is 2. The Morgan fingerprint density at radius 2 is 1.83 bits per heavy atom. The molecular weight excluding hydrogens is 476 g/mol. The first kappa shape index (κ1) is 28.0. The monoisotopic (exact) mass is 514 g/mol. The van der Waals surface area contributed by atoms with Gasteiger partial charge in [0, 0.05) is 23.1 Å². The molecule has 0 saturated heterocycles. The first-order valence-corrected chi connectivity index (χ1v) is 13.2. The minimum absolute atomic E-state index is 0.0945. The maximum Gasteiger partial charge on any atom is 0.337 e. The zero-order valence-corrected chi connectivity index (χ0v) is 23.6. The van der Waals surface area contributed by atoms with E-state index in [0.29, 0.717) is 29.0 Å². The Labute approximate surface area is 218 Å². The molecule has 0 radical (unpaired) electrons. The molecule has 8 heteroatoms. The molecule has 1 aromatic heterocycles. The molecule has 2 heterocycles. The van der Waals surface area contributed by atoms with Crippen LogP contribution in [0.4, 0.5) is 0 Å². The molecular formula is C28H38N2O5S. The molecule has 0 bridgehead atoms. The Hall–Kier alpha value is -2.58. The van der Waals surface area contributed by atoms with Crippen molar-refractivity contribution in [2.75, 3.05) is 12.4 Å². The van der Waals surface area contributed by atoms with Crippen LogP contribution in [-0.4, -0.2) is 46.0 Å². The standard InChI is InChI=1S/C28H38N2O5S/c1-15-21(18-10-11-19-20(14-18)36-13-12-34-19)22(24(26(32)33)35-28(7,8)9)16(2)29-23(15)25(31)30-17(3)27(4,5)6/h10-11,14,17,24H,12-13H2,1-9H3,(H,30,31)(H,32,33)/t17?,24-/m0/s1. The van der Waals surface area contributed by atoms with Crippen molar-refractivity contribution >= 4 is 23.6 Å². The molecule has 1 aliphatic rings. The quantitative estimate of drug-likeness (QED) is 0.491. The van der Waals surface area contributed by atoms with Gasteiger partial charge in [0.2, 0.25) is 0 Å². The Bertz CT molecular complexity index is 1160. The summed E-state index contributed by atoms with van der Waals surface area (Å²) in [5.74, 6) is 0.244. The Kier molecular flexibility index (Phi) is 8.10. The van der Waals surface area contributed by atoms with Crippen LogP contribution >= 0.6 is 11.8 Å². The summed E-state index contributed by atoms with van der Waals surface area (Å²) in [7, 11) is 0. The number of rotatable bonds is 6. The second-order valence-electron chi connectivity index (χ2n) is 11.3. The van der Waals surface area contributed by atoms with Crippen molar-refractivity contribution in [3.05, 3.63) is 40.7 Å². The SMILES string of the molecule is Cc1nc(C(=O)NC(C)C(C)(C)C)c(C)c(-c2ccc3c(c2)SCCO3)c1[C@H](OC(C)(C)C)C(=O)O. The van der Waals surface area contributed by atoms with E-state index in [2.05, 4.69) is 31.1 Å². The molecule has 2 atom stereocenters. The molecule has 0 spiro atoms. The molecule has 1 aliphatic heterocycles. The lowest BCUT2D eigenvalue weighted by molar-refractivity contribution is -0.160. The second-order valence-corrected chi connectivity index (χ2v) is 12.5. The van der Waals surface area contributed by atoms with Gasteiger partial charge in [-0.15, -0.1) is 11.8 Å². The Balaban J connectivity index is 2.26. The van der Waals surface area contributed by atoms with E-state index in [0.717, 1.165) is 22.0 Å². The van der Waals surface area contributed by atoms with Gasteiger partial charge in [-0.3, -0.25) is 4.79 Å². The fourth-order valence-corrected chi connectivity index (χ4v) is 4.86. The smallest absolute Gasteiger partial charge is 0.337 e. The lowest BCUT2D eigenvalue weighted by Gasteiger charge is -2.30. The molecule has 0 aliphatic carbocycles. The highest BCUT2D eigenvalue weighted by Gasteiger charge is 2.34. The van der Waals surface area contributed by atoms with Crippen molar-refractivity contribution in [3.63, 3.8) is 0 Å². The number of carbonyl (C=O) groups excluding carboxylic acids is 1. The first-order chi connectivity index (χ1) is 16.6. The summed E-state index contributed by atoms with van der Waals surface area (Å²) >= 11 is 1.69. The fourth-order valence-electron chi connectivity index (χ4n) is 3.99. The number of aliphatic carboxylic acids is 1. The number of carbonyl (C=O) groups is 2. The van der Waals surface area contributed by atoms with Crippen LogP contribution in [-0.2, 0) is 9.53 Å². The van der Waals surface area contributed by atoms with Crippen molar-refractivity contribution in [2.24, 2.45) is 5.41 Å². The van der Waals surface area contributed by atoms with Gasteiger partial charge in [0.25, 0.3) is 5.91 Å². The fraction of sp³-hybridized carbons (Fsp3) is 0.536. The number of carboxylic acids is 1. The number of thioether (sulfide) groups is 1. The molecule has 2 N–H and O–H groups in total. The van der Waals surface area contributed by atoms with Gasteiger partial charge in [-0.2, -0.15) is 0 Å². The predicted octanol–water partition coefficient (Wildman–Crippen LogP) is 5.96. The minimum atomic E-state index is -1.25. The number of amides is 1. The van der Waals surface area contributed by atoms with Gasteiger partial charge < -0.3 is 19.9 Å². The van der Waals surface area contributed by atoms with E-state index >= 15 is 0 Å². The number of carboxylic acid groups (broad SMARTS) is 1. The number of fused-ring (bicyclic) bond motifs is 1. The van der Waals surface area contributed by atoms with Crippen LogP contribution in [0.15, 0.2) is 23.1 Å². The van der Waals surface area contributed by atoms with Crippen LogP contribution in [0.3, 0.4) is 0 Å². The minimum Gasteiger partial charge on any atom is -0.492 e. The number of benzene rings is 1. The second kappa shape index (κ2) is 10.4. The van der Waals surface area contributed by atoms with Gasteiger partial charge in [0.1, 0.15) is 11.4 Å². The molecule has 0 saturated carbocycles. The van der Waals surface area contributed by atoms with Gasteiger partial charge in [-0.05, 0) is 75.8 Å². The number of aromatic nitrogens is 1. The molecule has 196 valence electrons. The topological polar surface area (TPSA) is 97.8 Å². The van der Waals surface area contributed by atoms with Gasteiger partial charge in [-0.1, -0.05) is 26.8 Å². The summed E-state index contributed by atoms with van der Waals surface area (Å²) < 4.78 is 11.8. The van der Waals surface area contributed by atoms with E-state index in [9.17, 15) is 14.7 Å². The summed E-state index contributed by atoms with van der Waals surface area (Å²) in [6.07, 6.45) is -1.25. The molecule has 3 rings (SSSR count). The number of hydrogen-bond acceptors (Lipinski definition) is 6. The number of nitrogens with one attached hydrogen (secondary N) is 1. The summed E-state index contributed by atoms with van der Waals surface area (Å²) in [6, 6.07) is 5.71. The lowest BCUT2D eigenvalue weighted by atomic mass is 9.87. The first-order valence-electron chi connectivity index (χ1n) is 12.2. The normalized spacial score (nSPS) is 15.5. The highest BCUT2D eigenvalue weighted by Crippen LogP contribution is 2.42. The average Bonchev–Trinajstić information content (AvgIpc) is 2.76.